The van der Waals surface area contributed by atoms with Gasteiger partial charge in [0.15, 0.2) is 4.80 Å². The predicted molar refractivity (Wildman–Crippen MR) is 136 cm³/mol. The highest BCUT2D eigenvalue weighted by Crippen LogP contribution is 2.32. The van der Waals surface area contributed by atoms with Gasteiger partial charge in [0.2, 0.25) is 0 Å². The molecule has 2 aromatic carbocycles. The van der Waals surface area contributed by atoms with E-state index in [0.29, 0.717) is 36.9 Å². The van der Waals surface area contributed by atoms with E-state index in [1.807, 2.05) is 38.1 Å². The fraction of sp³-hybridized carbons (Fsp3) is 0.269. The number of hydrogen-bond donors (Lipinski definition) is 1. The number of aromatic nitrogens is 1. The lowest BCUT2D eigenvalue weighted by molar-refractivity contribution is -0.139. The van der Waals surface area contributed by atoms with Crippen molar-refractivity contribution >= 4 is 35.0 Å². The first-order chi connectivity index (χ1) is 16.7. The fourth-order valence-corrected chi connectivity index (χ4v) is 5.11. The summed E-state index contributed by atoms with van der Waals surface area (Å²) in [5.41, 5.74) is 1.57. The minimum Gasteiger partial charge on any atom is -0.507 e. The van der Waals surface area contributed by atoms with Crippen molar-refractivity contribution in [2.24, 2.45) is 4.99 Å². The number of hydrogen-bond acceptors (Lipinski definition) is 7. The number of carbonyl (C=O) groups is 1. The molecule has 1 N–H and O–H groups in total. The second kappa shape index (κ2) is 10.1. The first kappa shape index (κ1) is 24.8. The molecule has 0 amide bonds. The molecular formula is C26H25ClN2O5S. The van der Waals surface area contributed by atoms with Crippen LogP contribution in [0, 0.1) is 0 Å². The highest BCUT2D eigenvalue weighted by Gasteiger charge is 2.33. The summed E-state index contributed by atoms with van der Waals surface area (Å²) < 4.78 is 12.9. The van der Waals surface area contributed by atoms with Crippen molar-refractivity contribution in [3.8, 4) is 11.5 Å². The number of halogens is 1. The Bertz CT molecular complexity index is 1490. The van der Waals surface area contributed by atoms with Crippen LogP contribution in [0.25, 0.3) is 6.08 Å². The lowest BCUT2D eigenvalue weighted by Gasteiger charge is -2.25. The Hall–Kier alpha value is -3.36. The molecule has 2 heterocycles. The van der Waals surface area contributed by atoms with Crippen LogP contribution in [-0.4, -0.2) is 28.4 Å². The third kappa shape index (κ3) is 5.04. The molecule has 1 aromatic heterocycles. The number of phenolic OH excluding ortho intramolecular Hbond substituents is 1. The van der Waals surface area contributed by atoms with Gasteiger partial charge in [-0.25, -0.2) is 9.79 Å². The van der Waals surface area contributed by atoms with Crippen LogP contribution in [0.5, 0.6) is 11.5 Å². The zero-order chi connectivity index (χ0) is 25.3. The maximum atomic E-state index is 13.6. The molecular weight excluding hydrogens is 488 g/mol. The predicted octanol–water partition coefficient (Wildman–Crippen LogP) is 3.94. The molecule has 9 heteroatoms. The summed E-state index contributed by atoms with van der Waals surface area (Å²) in [7, 11) is 0. The van der Waals surface area contributed by atoms with Crippen molar-refractivity contribution in [1.29, 1.82) is 0 Å². The molecule has 182 valence electrons. The van der Waals surface area contributed by atoms with Gasteiger partial charge in [-0.3, -0.25) is 9.36 Å². The number of fused-ring (bicyclic) bond motifs is 1. The minimum atomic E-state index is -0.728. The molecule has 0 radical (unpaired) electrons. The average molecular weight is 513 g/mol. The summed E-state index contributed by atoms with van der Waals surface area (Å²) >= 11 is 7.25. The Morgan fingerprint density at radius 3 is 2.63 bits per heavy atom. The van der Waals surface area contributed by atoms with Crippen LogP contribution in [0.3, 0.4) is 0 Å². The summed E-state index contributed by atoms with van der Waals surface area (Å²) in [5.74, 6) is 0.162. The van der Waals surface area contributed by atoms with Crippen molar-refractivity contribution < 1.29 is 19.4 Å². The summed E-state index contributed by atoms with van der Waals surface area (Å²) in [5, 5.41) is 10.7. The highest BCUT2D eigenvalue weighted by atomic mass is 35.5. The van der Waals surface area contributed by atoms with Gasteiger partial charge >= 0.3 is 5.97 Å². The first-order valence-electron chi connectivity index (χ1n) is 11.1. The quantitative estimate of drug-likeness (QED) is 0.505. The van der Waals surface area contributed by atoms with Gasteiger partial charge in [0.05, 0.1) is 34.6 Å². The van der Waals surface area contributed by atoms with Gasteiger partial charge in [-0.05, 0) is 69.7 Å². The summed E-state index contributed by atoms with van der Waals surface area (Å²) in [6.07, 6.45) is 1.59. The SMILES string of the molecule is CCOC(=O)C1=C(C)N=c2sc(=Cc3cc(Cl)ccc3O)c(=O)n2[C@H]1c1ccc(OC(C)C)cc1. The van der Waals surface area contributed by atoms with Crippen molar-refractivity contribution in [3.63, 3.8) is 0 Å². The molecule has 1 aliphatic rings. The van der Waals surface area contributed by atoms with Crippen LogP contribution >= 0.6 is 22.9 Å². The molecule has 0 saturated carbocycles. The van der Waals surface area contributed by atoms with Crippen LogP contribution < -0.4 is 19.6 Å². The van der Waals surface area contributed by atoms with Crippen molar-refractivity contribution in [2.75, 3.05) is 6.61 Å². The third-order valence-corrected chi connectivity index (χ3v) is 6.58. The minimum absolute atomic E-state index is 0.000852. The van der Waals surface area contributed by atoms with E-state index >= 15 is 0 Å². The highest BCUT2D eigenvalue weighted by molar-refractivity contribution is 7.07. The van der Waals surface area contributed by atoms with Gasteiger partial charge in [0.1, 0.15) is 11.5 Å². The second-order valence-electron chi connectivity index (χ2n) is 8.24. The molecule has 7 nitrogen and oxygen atoms in total. The van der Waals surface area contributed by atoms with Crippen molar-refractivity contribution in [3.05, 3.63) is 89.6 Å². The van der Waals surface area contributed by atoms with E-state index in [1.54, 1.807) is 32.1 Å². The monoisotopic (exact) mass is 512 g/mol. The van der Waals surface area contributed by atoms with Gasteiger partial charge in [-0.15, -0.1) is 0 Å². The largest absolute Gasteiger partial charge is 0.507 e. The number of rotatable bonds is 6. The van der Waals surface area contributed by atoms with Gasteiger partial charge in [-0.1, -0.05) is 35.1 Å². The van der Waals surface area contributed by atoms with Crippen LogP contribution in [0.15, 0.2) is 63.5 Å². The van der Waals surface area contributed by atoms with E-state index < -0.39 is 12.0 Å². The van der Waals surface area contributed by atoms with Crippen LogP contribution in [0.4, 0.5) is 0 Å². The molecule has 0 saturated heterocycles. The smallest absolute Gasteiger partial charge is 0.338 e. The maximum absolute atomic E-state index is 13.6. The Labute approximate surface area is 211 Å². The summed E-state index contributed by atoms with van der Waals surface area (Å²) in [6.45, 7) is 7.54. The Balaban J connectivity index is 1.92. The van der Waals surface area contributed by atoms with E-state index in [0.717, 1.165) is 5.56 Å². The van der Waals surface area contributed by atoms with Gasteiger partial charge in [-0.2, -0.15) is 0 Å². The zero-order valence-electron chi connectivity index (χ0n) is 19.7. The van der Waals surface area contributed by atoms with Crippen LogP contribution in [-0.2, 0) is 9.53 Å². The van der Waals surface area contributed by atoms with Crippen molar-refractivity contribution in [1.82, 2.24) is 4.57 Å². The van der Waals surface area contributed by atoms with Gasteiger partial charge < -0.3 is 14.6 Å². The number of benzene rings is 2. The molecule has 0 bridgehead atoms. The number of thiazole rings is 1. The Morgan fingerprint density at radius 1 is 1.26 bits per heavy atom. The third-order valence-electron chi connectivity index (χ3n) is 5.36. The molecule has 0 spiro atoms. The maximum Gasteiger partial charge on any atom is 0.338 e. The van der Waals surface area contributed by atoms with E-state index in [2.05, 4.69) is 4.99 Å². The molecule has 3 aromatic rings. The molecule has 0 unspecified atom stereocenters. The number of nitrogens with zero attached hydrogens (tertiary/aromatic N) is 2. The number of allylic oxidation sites excluding steroid dienone is 1. The normalized spacial score (nSPS) is 15.7. The number of aromatic hydroxyl groups is 1. The second-order valence-corrected chi connectivity index (χ2v) is 9.69. The molecule has 1 atom stereocenters. The standard InChI is InChI=1S/C26H25ClN2O5S/c1-5-33-25(32)22-15(4)28-26-29(23(22)16-6-9-19(10-7-16)34-14(2)3)24(31)21(35-26)13-17-12-18(27)8-11-20(17)30/h6-14,23,30H,5H2,1-4H3/t23-/m0/s1. The van der Waals surface area contributed by atoms with E-state index in [-0.39, 0.29) is 24.0 Å². The molecule has 0 fully saturated rings. The average Bonchev–Trinajstić information content (AvgIpc) is 3.10. The van der Waals surface area contributed by atoms with Crippen LogP contribution in [0.1, 0.15) is 44.9 Å². The molecule has 35 heavy (non-hydrogen) atoms. The number of ether oxygens (including phenoxy) is 2. The molecule has 1 aliphatic heterocycles. The van der Waals surface area contributed by atoms with Gasteiger partial charge in [0.25, 0.3) is 5.56 Å². The summed E-state index contributed by atoms with van der Waals surface area (Å²) in [4.78, 5) is 31.6. The lowest BCUT2D eigenvalue weighted by Crippen LogP contribution is -2.39. The van der Waals surface area contributed by atoms with E-state index in [1.165, 1.54) is 22.0 Å². The first-order valence-corrected chi connectivity index (χ1v) is 12.3. The number of phenols is 1. The number of carbonyl (C=O) groups excluding carboxylic acids is 1. The Kier molecular flexibility index (Phi) is 7.14. The van der Waals surface area contributed by atoms with Crippen LogP contribution in [0.2, 0.25) is 5.02 Å². The topological polar surface area (TPSA) is 90.1 Å². The molecule has 0 aliphatic carbocycles. The number of esters is 1. The Morgan fingerprint density at radius 2 is 1.97 bits per heavy atom. The van der Waals surface area contributed by atoms with Gasteiger partial charge in [0, 0.05) is 10.6 Å². The fourth-order valence-electron chi connectivity index (χ4n) is 3.89. The van der Waals surface area contributed by atoms with Crippen molar-refractivity contribution in [2.45, 2.75) is 39.8 Å². The van der Waals surface area contributed by atoms with E-state index in [4.69, 9.17) is 21.1 Å². The summed E-state index contributed by atoms with van der Waals surface area (Å²) in [6, 6.07) is 11.2. The lowest BCUT2D eigenvalue weighted by atomic mass is 9.96. The zero-order valence-corrected chi connectivity index (χ0v) is 21.3. The molecule has 4 rings (SSSR count). The van der Waals surface area contributed by atoms with E-state index in [9.17, 15) is 14.7 Å².